The van der Waals surface area contributed by atoms with E-state index in [2.05, 4.69) is 126 Å². The van der Waals surface area contributed by atoms with Crippen LogP contribution in [0.3, 0.4) is 0 Å². The molecule has 6 aromatic rings. The Morgan fingerprint density at radius 3 is 1.67 bits per heavy atom. The average molecular weight is 686 g/mol. The zero-order chi connectivity index (χ0) is 32.5. The molecule has 0 aliphatic rings. The quantitative estimate of drug-likeness (QED) is 0.0654. The first-order valence-electron chi connectivity index (χ1n) is 16.1. The summed E-state index contributed by atoms with van der Waals surface area (Å²) in [6.45, 7) is 0. The Kier molecular flexibility index (Phi) is 11.8. The van der Waals surface area contributed by atoms with E-state index in [-0.39, 0.29) is 31.2 Å². The molecule has 0 fully saturated rings. The summed E-state index contributed by atoms with van der Waals surface area (Å²) >= 11 is 0. The van der Waals surface area contributed by atoms with Crippen molar-refractivity contribution in [3.05, 3.63) is 186 Å². The van der Waals surface area contributed by atoms with Gasteiger partial charge in [0.05, 0.1) is 26.2 Å². The van der Waals surface area contributed by atoms with E-state index in [1.165, 1.54) is 5.56 Å². The van der Waals surface area contributed by atoms with Crippen LogP contribution in [0.1, 0.15) is 51.1 Å². The first-order chi connectivity index (χ1) is 23.1. The summed E-state index contributed by atoms with van der Waals surface area (Å²) in [6, 6.07) is 47.6. The molecule has 0 amide bonds. The maximum absolute atomic E-state index is 13.7. The molecule has 6 heteroatoms. The standard InChI is InChI=1S/C42H40N2O3.Zn/c1-46-39-27-34(28-40(29-39)47-2)41(45)26-33(25-32-15-7-3-8-16-32)23-24-38-30-44(31-43-38)42(35-17-9-4-10-18-35,36-19-11-5-12-20-36)37-21-13-6-14-22-37;/h3-22,27-31,33H,23-26H2,1-2H3;. The van der Waals surface area contributed by atoms with E-state index < -0.39 is 5.54 Å². The molecule has 1 unspecified atom stereocenters. The van der Waals surface area contributed by atoms with E-state index in [0.717, 1.165) is 41.6 Å². The maximum atomic E-state index is 13.7. The number of benzene rings is 5. The second-order valence-electron chi connectivity index (χ2n) is 11.9. The average Bonchev–Trinajstić information content (AvgIpc) is 3.61. The summed E-state index contributed by atoms with van der Waals surface area (Å²) in [4.78, 5) is 18.6. The fourth-order valence-electron chi connectivity index (χ4n) is 6.59. The molecule has 0 spiro atoms. The molecule has 1 heterocycles. The topological polar surface area (TPSA) is 53.4 Å². The van der Waals surface area contributed by atoms with Crippen molar-refractivity contribution in [3.8, 4) is 11.5 Å². The van der Waals surface area contributed by atoms with Crippen molar-refractivity contribution in [3.63, 3.8) is 0 Å². The normalized spacial score (nSPS) is 11.7. The zero-order valence-electron chi connectivity index (χ0n) is 27.7. The number of ether oxygens (including phenoxy) is 2. The third-order valence-corrected chi connectivity index (χ3v) is 8.92. The molecule has 0 aliphatic carbocycles. The van der Waals surface area contributed by atoms with Crippen molar-refractivity contribution in [2.24, 2.45) is 5.92 Å². The molecule has 5 nitrogen and oxygen atoms in total. The molecule has 0 bridgehead atoms. The Hall–Kier alpha value is -4.80. The van der Waals surface area contributed by atoms with E-state index in [1.54, 1.807) is 32.4 Å². The van der Waals surface area contributed by atoms with Crippen molar-refractivity contribution < 1.29 is 33.7 Å². The number of aromatic nitrogens is 2. The number of methoxy groups -OCH3 is 2. The van der Waals surface area contributed by atoms with Gasteiger partial charge >= 0.3 is 0 Å². The predicted molar refractivity (Wildman–Crippen MR) is 187 cm³/mol. The Morgan fingerprint density at radius 1 is 0.708 bits per heavy atom. The number of Topliss-reactive ketones (excluding diaryl/α,β-unsaturated/α-hetero) is 1. The minimum Gasteiger partial charge on any atom is -0.497 e. The number of rotatable bonds is 14. The van der Waals surface area contributed by atoms with Gasteiger partial charge in [0.1, 0.15) is 17.0 Å². The van der Waals surface area contributed by atoms with Crippen LogP contribution in [0.5, 0.6) is 11.5 Å². The van der Waals surface area contributed by atoms with Crippen LogP contribution in [0.25, 0.3) is 0 Å². The molecule has 48 heavy (non-hydrogen) atoms. The number of ketones is 1. The summed E-state index contributed by atoms with van der Waals surface area (Å²) in [6.07, 6.45) is 6.91. The first-order valence-corrected chi connectivity index (χ1v) is 16.1. The molecule has 0 radical (unpaired) electrons. The first kappa shape index (κ1) is 34.5. The molecule has 1 aromatic heterocycles. The number of carbonyl (C=O) groups is 1. The second-order valence-corrected chi connectivity index (χ2v) is 11.9. The van der Waals surface area contributed by atoms with Crippen LogP contribution in [-0.2, 0) is 37.9 Å². The van der Waals surface area contributed by atoms with Crippen LogP contribution in [0.15, 0.2) is 152 Å². The van der Waals surface area contributed by atoms with Gasteiger partial charge in [-0.15, -0.1) is 0 Å². The van der Waals surface area contributed by atoms with Crippen LogP contribution >= 0.6 is 0 Å². The van der Waals surface area contributed by atoms with Crippen LogP contribution < -0.4 is 9.47 Å². The third kappa shape index (κ3) is 7.67. The molecule has 238 valence electrons. The third-order valence-electron chi connectivity index (χ3n) is 8.92. The molecule has 0 saturated heterocycles. The van der Waals surface area contributed by atoms with Gasteiger partial charge in [0.15, 0.2) is 5.78 Å². The molecule has 6 rings (SSSR count). The molecule has 0 N–H and O–H groups in total. The van der Waals surface area contributed by atoms with Crippen LogP contribution in [0, 0.1) is 5.92 Å². The number of hydrogen-bond donors (Lipinski definition) is 0. The monoisotopic (exact) mass is 684 g/mol. The van der Waals surface area contributed by atoms with E-state index in [4.69, 9.17) is 14.5 Å². The van der Waals surface area contributed by atoms with Gasteiger partial charge < -0.3 is 14.0 Å². The summed E-state index contributed by atoms with van der Waals surface area (Å²) in [5.74, 6) is 1.41. The SMILES string of the molecule is COc1cc(OC)cc(C(=O)CC(CCc2cn(C(c3ccccc3)(c3ccccc3)c3ccccc3)cn2)Cc2ccccc2)c1.[Zn]. The van der Waals surface area contributed by atoms with E-state index in [1.807, 2.05) is 12.4 Å². The Bertz CT molecular complexity index is 1760. The minimum atomic E-state index is -0.611. The van der Waals surface area contributed by atoms with Crippen LogP contribution in [-0.4, -0.2) is 29.6 Å². The fourth-order valence-corrected chi connectivity index (χ4v) is 6.59. The predicted octanol–water partition coefficient (Wildman–Crippen LogP) is 8.80. The van der Waals surface area contributed by atoms with Crippen molar-refractivity contribution in [1.82, 2.24) is 9.55 Å². The van der Waals surface area contributed by atoms with Crippen LogP contribution in [0.2, 0.25) is 0 Å². The van der Waals surface area contributed by atoms with Crippen molar-refractivity contribution in [2.75, 3.05) is 14.2 Å². The molecular formula is C42H40N2O3Zn. The van der Waals surface area contributed by atoms with E-state index in [9.17, 15) is 4.79 Å². The Morgan fingerprint density at radius 2 is 1.19 bits per heavy atom. The maximum Gasteiger partial charge on any atom is 0.163 e. The zero-order valence-corrected chi connectivity index (χ0v) is 30.6. The molecule has 5 aromatic carbocycles. The molecule has 0 saturated carbocycles. The number of imidazole rings is 1. The molecular weight excluding hydrogens is 646 g/mol. The summed E-state index contributed by atoms with van der Waals surface area (Å²) in [5, 5.41) is 0. The fraction of sp³-hybridized carbons (Fsp3) is 0.190. The largest absolute Gasteiger partial charge is 0.497 e. The minimum absolute atomic E-state index is 0. The number of nitrogens with zero attached hydrogens (tertiary/aromatic N) is 2. The van der Waals surface area contributed by atoms with Gasteiger partial charge in [-0.2, -0.15) is 0 Å². The van der Waals surface area contributed by atoms with Crippen molar-refractivity contribution in [2.45, 2.75) is 31.2 Å². The Balaban J connectivity index is 0.00000451. The van der Waals surface area contributed by atoms with Crippen molar-refractivity contribution >= 4 is 5.78 Å². The summed E-state index contributed by atoms with van der Waals surface area (Å²) in [7, 11) is 3.20. The van der Waals surface area contributed by atoms with Gasteiger partial charge in [-0.3, -0.25) is 4.79 Å². The number of aryl methyl sites for hydroxylation is 1. The molecule has 1 atom stereocenters. The van der Waals surface area contributed by atoms with Gasteiger partial charge in [0.25, 0.3) is 0 Å². The summed E-state index contributed by atoms with van der Waals surface area (Å²) in [5.41, 5.74) is 5.66. The van der Waals surface area contributed by atoms with Gasteiger partial charge in [-0.25, -0.2) is 4.98 Å². The van der Waals surface area contributed by atoms with E-state index >= 15 is 0 Å². The Labute approximate surface area is 296 Å². The van der Waals surface area contributed by atoms with Gasteiger partial charge in [0.2, 0.25) is 0 Å². The van der Waals surface area contributed by atoms with Crippen LogP contribution in [0.4, 0.5) is 0 Å². The van der Waals surface area contributed by atoms with Gasteiger partial charge in [-0.05, 0) is 59.6 Å². The van der Waals surface area contributed by atoms with Gasteiger partial charge in [0, 0.05) is 43.7 Å². The van der Waals surface area contributed by atoms with E-state index in [0.29, 0.717) is 23.5 Å². The smallest absolute Gasteiger partial charge is 0.163 e. The second kappa shape index (κ2) is 16.3. The number of carbonyl (C=O) groups excluding carboxylic acids is 1. The summed E-state index contributed by atoms with van der Waals surface area (Å²) < 4.78 is 13.1. The van der Waals surface area contributed by atoms with Crippen molar-refractivity contribution in [1.29, 1.82) is 0 Å². The van der Waals surface area contributed by atoms with Gasteiger partial charge in [-0.1, -0.05) is 121 Å². The number of hydrogen-bond acceptors (Lipinski definition) is 4. The molecule has 0 aliphatic heterocycles.